The molecule has 0 unspecified atom stereocenters. The Morgan fingerprint density at radius 2 is 1.48 bits per heavy atom. The normalized spacial score (nSPS) is 19.1. The maximum atomic E-state index is 7.17. The Morgan fingerprint density at radius 1 is 0.903 bits per heavy atom. The van der Waals surface area contributed by atoms with E-state index in [4.69, 9.17) is 4.43 Å². The van der Waals surface area contributed by atoms with Gasteiger partial charge in [0.15, 0.2) is 0 Å². The van der Waals surface area contributed by atoms with Crippen molar-refractivity contribution >= 4 is 34.6 Å². The summed E-state index contributed by atoms with van der Waals surface area (Å²) in [6, 6.07) is 28.9. The molecule has 31 heavy (non-hydrogen) atoms. The van der Waals surface area contributed by atoms with Crippen LogP contribution >= 0.6 is 15.9 Å². The lowest BCUT2D eigenvalue weighted by Gasteiger charge is -2.44. The molecule has 1 heterocycles. The first kappa shape index (κ1) is 22.5. The second-order valence-corrected chi connectivity index (χ2v) is 14.7. The zero-order valence-electron chi connectivity index (χ0n) is 18.9. The number of benzene rings is 3. The van der Waals surface area contributed by atoms with Crippen LogP contribution in [0.25, 0.3) is 0 Å². The van der Waals surface area contributed by atoms with Crippen LogP contribution in [0.3, 0.4) is 0 Å². The monoisotopic (exact) mass is 493 g/mol. The summed E-state index contributed by atoms with van der Waals surface area (Å²) in [5, 5.41) is 6.46. The van der Waals surface area contributed by atoms with Gasteiger partial charge in [-0.25, -0.2) is 0 Å². The molecule has 0 fully saturated rings. The maximum Gasteiger partial charge on any atom is 0.261 e. The molecule has 0 aromatic heterocycles. The van der Waals surface area contributed by atoms with Crippen molar-refractivity contribution in [3.05, 3.63) is 94.5 Å². The number of rotatable bonds is 5. The molecular weight excluding hydrogens is 462 g/mol. The molecule has 162 valence electrons. The van der Waals surface area contributed by atoms with Gasteiger partial charge in [-0.1, -0.05) is 109 Å². The van der Waals surface area contributed by atoms with Crippen molar-refractivity contribution in [1.29, 1.82) is 0 Å². The number of halogens is 1. The first-order valence-electron chi connectivity index (χ1n) is 11.1. The van der Waals surface area contributed by atoms with Gasteiger partial charge in [0.1, 0.15) is 0 Å². The molecule has 2 atom stereocenters. The van der Waals surface area contributed by atoms with E-state index in [-0.39, 0.29) is 11.1 Å². The number of hydrogen-bond donors (Lipinski definition) is 1. The van der Waals surface area contributed by atoms with Gasteiger partial charge < -0.3 is 9.74 Å². The molecule has 0 bridgehead atoms. The molecule has 4 heteroatoms. The third-order valence-electron chi connectivity index (χ3n) is 6.48. The van der Waals surface area contributed by atoms with Gasteiger partial charge in [0.25, 0.3) is 8.32 Å². The van der Waals surface area contributed by atoms with E-state index in [1.165, 1.54) is 26.0 Å². The van der Waals surface area contributed by atoms with Crippen LogP contribution in [0.15, 0.2) is 83.3 Å². The van der Waals surface area contributed by atoms with Gasteiger partial charge >= 0.3 is 0 Å². The molecule has 3 aromatic carbocycles. The summed E-state index contributed by atoms with van der Waals surface area (Å²) in [6.07, 6.45) is 0.972. The maximum absolute atomic E-state index is 7.17. The fourth-order valence-electron chi connectivity index (χ4n) is 5.04. The molecule has 1 N–H and O–H groups in total. The highest BCUT2D eigenvalue weighted by Crippen LogP contribution is 2.37. The Balaban J connectivity index is 1.70. The van der Waals surface area contributed by atoms with Crippen LogP contribution in [0.4, 0.5) is 0 Å². The SMILES string of the molecule is C[C@@H]1N[C@@H](CO[Si](c2ccccc2)(c2ccccc2)C(C)(C)C)Cc2c(Br)cccc21. The van der Waals surface area contributed by atoms with E-state index < -0.39 is 8.32 Å². The Bertz CT molecular complexity index is 977. The van der Waals surface area contributed by atoms with Gasteiger partial charge in [-0.15, -0.1) is 0 Å². The molecular formula is C27H32BrNOSi. The highest BCUT2D eigenvalue weighted by molar-refractivity contribution is 9.10. The van der Waals surface area contributed by atoms with Crippen molar-refractivity contribution < 1.29 is 4.43 Å². The van der Waals surface area contributed by atoms with Gasteiger partial charge in [-0.05, 0) is 45.9 Å². The zero-order chi connectivity index (χ0) is 22.1. The van der Waals surface area contributed by atoms with Crippen molar-refractivity contribution in [2.75, 3.05) is 6.61 Å². The van der Waals surface area contributed by atoms with Crippen molar-refractivity contribution in [3.8, 4) is 0 Å². The lowest BCUT2D eigenvalue weighted by Crippen LogP contribution is -2.67. The summed E-state index contributed by atoms with van der Waals surface area (Å²) in [7, 11) is -2.51. The smallest absolute Gasteiger partial charge is 0.261 e. The van der Waals surface area contributed by atoms with E-state index in [2.05, 4.69) is 128 Å². The number of hydrogen-bond acceptors (Lipinski definition) is 2. The minimum absolute atomic E-state index is 0.00548. The fraction of sp³-hybridized carbons (Fsp3) is 0.333. The molecule has 0 saturated heterocycles. The minimum Gasteiger partial charge on any atom is -0.406 e. The second-order valence-electron chi connectivity index (χ2n) is 9.57. The zero-order valence-corrected chi connectivity index (χ0v) is 21.4. The average molecular weight is 495 g/mol. The standard InChI is InChI=1S/C27H32BrNOSi/c1-20-24-16-11-17-26(28)25(24)18-21(29-20)19-30-31(27(2,3)4,22-12-7-5-8-13-22)23-14-9-6-10-15-23/h5-17,20-21,29H,18-19H2,1-4H3/t20-,21+/m0/s1. The minimum atomic E-state index is -2.51. The van der Waals surface area contributed by atoms with Gasteiger partial charge in [-0.2, -0.15) is 0 Å². The molecule has 0 amide bonds. The summed E-state index contributed by atoms with van der Waals surface area (Å²) in [5.74, 6) is 0. The Hall–Kier alpha value is -1.72. The number of fused-ring (bicyclic) bond motifs is 1. The molecule has 0 aliphatic carbocycles. The van der Waals surface area contributed by atoms with Gasteiger partial charge in [0.2, 0.25) is 0 Å². The van der Waals surface area contributed by atoms with Crippen LogP contribution in [0.2, 0.25) is 5.04 Å². The van der Waals surface area contributed by atoms with Crippen LogP contribution in [-0.4, -0.2) is 21.0 Å². The van der Waals surface area contributed by atoms with Crippen LogP contribution in [0.1, 0.15) is 44.9 Å². The van der Waals surface area contributed by atoms with Gasteiger partial charge in [0.05, 0.1) is 6.61 Å². The quantitative estimate of drug-likeness (QED) is 0.466. The molecule has 2 nitrogen and oxygen atoms in total. The Labute approximate surface area is 196 Å². The Morgan fingerprint density at radius 3 is 2.03 bits per heavy atom. The van der Waals surface area contributed by atoms with Crippen molar-refractivity contribution in [3.63, 3.8) is 0 Å². The van der Waals surface area contributed by atoms with Crippen molar-refractivity contribution in [2.24, 2.45) is 0 Å². The third kappa shape index (κ3) is 4.31. The molecule has 0 radical (unpaired) electrons. The second kappa shape index (κ2) is 9.03. The average Bonchev–Trinajstić information content (AvgIpc) is 2.76. The van der Waals surface area contributed by atoms with Gasteiger partial charge in [0, 0.05) is 16.6 Å². The summed E-state index contributed by atoms with van der Waals surface area (Å²) >= 11 is 3.77. The lowest BCUT2D eigenvalue weighted by molar-refractivity contribution is 0.233. The molecule has 4 rings (SSSR count). The topological polar surface area (TPSA) is 21.3 Å². The van der Waals surface area contributed by atoms with Crippen LogP contribution in [0, 0.1) is 0 Å². The van der Waals surface area contributed by atoms with Crippen LogP contribution in [-0.2, 0) is 10.8 Å². The van der Waals surface area contributed by atoms with Crippen LogP contribution in [0.5, 0.6) is 0 Å². The highest BCUT2D eigenvalue weighted by Gasteiger charge is 2.50. The molecule has 0 spiro atoms. The lowest BCUT2D eigenvalue weighted by atomic mass is 9.91. The molecule has 3 aromatic rings. The van der Waals surface area contributed by atoms with E-state index in [0.29, 0.717) is 12.6 Å². The fourth-order valence-corrected chi connectivity index (χ4v) is 10.2. The summed E-state index contributed by atoms with van der Waals surface area (Å²) in [5.41, 5.74) is 2.79. The predicted molar refractivity (Wildman–Crippen MR) is 137 cm³/mol. The van der Waals surface area contributed by atoms with Crippen molar-refractivity contribution in [1.82, 2.24) is 5.32 Å². The van der Waals surface area contributed by atoms with E-state index in [1.54, 1.807) is 0 Å². The largest absolute Gasteiger partial charge is 0.406 e. The summed E-state index contributed by atoms with van der Waals surface area (Å²) in [4.78, 5) is 0. The summed E-state index contributed by atoms with van der Waals surface area (Å²) in [6.45, 7) is 9.95. The van der Waals surface area contributed by atoms with E-state index in [1.807, 2.05) is 0 Å². The first-order valence-corrected chi connectivity index (χ1v) is 13.8. The molecule has 1 aliphatic rings. The predicted octanol–water partition coefficient (Wildman–Crippen LogP) is 5.60. The van der Waals surface area contributed by atoms with Crippen molar-refractivity contribution in [2.45, 2.75) is 51.2 Å². The van der Waals surface area contributed by atoms with Crippen LogP contribution < -0.4 is 15.7 Å². The first-order chi connectivity index (χ1) is 14.8. The van der Waals surface area contributed by atoms with E-state index in [0.717, 1.165) is 6.42 Å². The molecule has 1 aliphatic heterocycles. The molecule has 0 saturated carbocycles. The van der Waals surface area contributed by atoms with Gasteiger partial charge in [-0.3, -0.25) is 0 Å². The highest BCUT2D eigenvalue weighted by atomic mass is 79.9. The van der Waals surface area contributed by atoms with E-state index in [9.17, 15) is 0 Å². The Kier molecular flexibility index (Phi) is 6.54. The van der Waals surface area contributed by atoms with E-state index >= 15 is 0 Å². The summed E-state index contributed by atoms with van der Waals surface area (Å²) < 4.78 is 8.37. The number of nitrogens with one attached hydrogen (secondary N) is 1. The third-order valence-corrected chi connectivity index (χ3v) is 12.2.